The zero-order chi connectivity index (χ0) is 17.8. The van der Waals surface area contributed by atoms with E-state index in [-0.39, 0.29) is 5.75 Å². The van der Waals surface area contributed by atoms with Gasteiger partial charge in [-0.05, 0) is 40.5 Å². The number of hydrogen-bond acceptors (Lipinski definition) is 2. The van der Waals surface area contributed by atoms with Gasteiger partial charge in [0.2, 0.25) is 0 Å². The molecule has 0 saturated carbocycles. The third-order valence-corrected chi connectivity index (χ3v) is 4.51. The van der Waals surface area contributed by atoms with Crippen molar-refractivity contribution in [3.05, 3.63) is 108 Å². The second kappa shape index (κ2) is 7.24. The van der Waals surface area contributed by atoms with Crippen molar-refractivity contribution in [3.8, 4) is 5.75 Å². The van der Waals surface area contributed by atoms with Gasteiger partial charge in [0.15, 0.2) is 0 Å². The van der Waals surface area contributed by atoms with Crippen LogP contribution in [0.2, 0.25) is 0 Å². The van der Waals surface area contributed by atoms with Crippen LogP contribution in [0.4, 0.5) is 5.69 Å². The van der Waals surface area contributed by atoms with Gasteiger partial charge in [0.05, 0.1) is 5.69 Å². The molecular weight excluding hydrogens is 318 g/mol. The SMILES string of the molecule is Oc1ccc2ccccc2c1C=Nc1ccccc1Cc1ccccc1. The number of hydrogen-bond donors (Lipinski definition) is 1. The molecule has 0 aromatic heterocycles. The van der Waals surface area contributed by atoms with E-state index in [1.807, 2.05) is 54.6 Å². The van der Waals surface area contributed by atoms with Gasteiger partial charge in [0.1, 0.15) is 5.75 Å². The molecule has 0 atom stereocenters. The molecule has 0 aliphatic carbocycles. The summed E-state index contributed by atoms with van der Waals surface area (Å²) in [5.74, 6) is 0.244. The van der Waals surface area contributed by atoms with E-state index < -0.39 is 0 Å². The maximum absolute atomic E-state index is 10.3. The van der Waals surface area contributed by atoms with Crippen LogP contribution in [0.5, 0.6) is 5.75 Å². The molecule has 0 saturated heterocycles. The monoisotopic (exact) mass is 337 g/mol. The molecule has 0 aliphatic rings. The van der Waals surface area contributed by atoms with Gasteiger partial charge < -0.3 is 5.11 Å². The molecule has 26 heavy (non-hydrogen) atoms. The maximum atomic E-state index is 10.3. The van der Waals surface area contributed by atoms with Crippen molar-refractivity contribution in [2.24, 2.45) is 4.99 Å². The summed E-state index contributed by atoms with van der Waals surface area (Å²) in [6.07, 6.45) is 2.59. The average molecular weight is 337 g/mol. The van der Waals surface area contributed by atoms with Crippen molar-refractivity contribution in [1.82, 2.24) is 0 Å². The number of fused-ring (bicyclic) bond motifs is 1. The lowest BCUT2D eigenvalue weighted by atomic mass is 10.0. The first-order valence-electron chi connectivity index (χ1n) is 8.68. The quantitative estimate of drug-likeness (QED) is 0.463. The Morgan fingerprint density at radius 2 is 1.46 bits per heavy atom. The van der Waals surface area contributed by atoms with Gasteiger partial charge in [-0.15, -0.1) is 0 Å². The maximum Gasteiger partial charge on any atom is 0.124 e. The number of aliphatic imine (C=N–C) groups is 1. The number of benzene rings is 4. The van der Waals surface area contributed by atoms with Crippen molar-refractivity contribution < 1.29 is 5.11 Å². The van der Waals surface area contributed by atoms with Gasteiger partial charge in [-0.2, -0.15) is 0 Å². The van der Waals surface area contributed by atoms with E-state index in [0.717, 1.165) is 34.0 Å². The lowest BCUT2D eigenvalue weighted by Gasteiger charge is -2.07. The van der Waals surface area contributed by atoms with Gasteiger partial charge in [-0.25, -0.2) is 0 Å². The van der Waals surface area contributed by atoms with Gasteiger partial charge in [0, 0.05) is 11.8 Å². The van der Waals surface area contributed by atoms with Gasteiger partial charge in [-0.3, -0.25) is 4.99 Å². The molecule has 4 aromatic rings. The number of para-hydroxylation sites is 1. The van der Waals surface area contributed by atoms with E-state index in [4.69, 9.17) is 4.99 Å². The summed E-state index contributed by atoms with van der Waals surface area (Å²) < 4.78 is 0. The highest BCUT2D eigenvalue weighted by atomic mass is 16.3. The minimum absolute atomic E-state index is 0.244. The Morgan fingerprint density at radius 1 is 0.731 bits per heavy atom. The van der Waals surface area contributed by atoms with E-state index >= 15 is 0 Å². The van der Waals surface area contributed by atoms with Gasteiger partial charge in [0.25, 0.3) is 0 Å². The smallest absolute Gasteiger partial charge is 0.124 e. The standard InChI is InChI=1S/C24H19NO/c26-24-15-14-19-10-4-6-12-21(19)22(24)17-25-23-13-7-5-11-20(23)16-18-8-2-1-3-9-18/h1-15,17,26H,16H2. The Labute approximate surface area is 153 Å². The topological polar surface area (TPSA) is 32.6 Å². The van der Waals surface area contributed by atoms with Crippen LogP contribution in [0.1, 0.15) is 16.7 Å². The summed E-state index contributed by atoms with van der Waals surface area (Å²) in [4.78, 5) is 4.70. The Hall–Kier alpha value is -3.39. The first-order valence-corrected chi connectivity index (χ1v) is 8.68. The van der Waals surface area contributed by atoms with Crippen molar-refractivity contribution in [1.29, 1.82) is 0 Å². The van der Waals surface area contributed by atoms with E-state index in [0.29, 0.717) is 0 Å². The Balaban J connectivity index is 1.71. The molecule has 1 N–H and O–H groups in total. The molecule has 0 heterocycles. The van der Waals surface area contributed by atoms with Crippen LogP contribution in [0.15, 0.2) is 96.0 Å². The highest BCUT2D eigenvalue weighted by Crippen LogP contribution is 2.27. The Kier molecular flexibility index (Phi) is 4.48. The second-order valence-electron chi connectivity index (χ2n) is 6.27. The average Bonchev–Trinajstić information content (AvgIpc) is 2.69. The molecule has 4 rings (SSSR count). The van der Waals surface area contributed by atoms with Crippen LogP contribution >= 0.6 is 0 Å². The molecule has 0 bridgehead atoms. The van der Waals surface area contributed by atoms with Crippen LogP contribution in [-0.4, -0.2) is 11.3 Å². The first-order chi connectivity index (χ1) is 12.8. The van der Waals surface area contributed by atoms with Gasteiger partial charge >= 0.3 is 0 Å². The number of aromatic hydroxyl groups is 1. The predicted molar refractivity (Wildman–Crippen MR) is 109 cm³/mol. The van der Waals surface area contributed by atoms with Gasteiger partial charge in [-0.1, -0.05) is 78.9 Å². The molecule has 0 amide bonds. The van der Waals surface area contributed by atoms with Crippen LogP contribution in [-0.2, 0) is 6.42 Å². The highest BCUT2D eigenvalue weighted by molar-refractivity contribution is 6.03. The Morgan fingerprint density at radius 3 is 2.35 bits per heavy atom. The highest BCUT2D eigenvalue weighted by Gasteiger charge is 2.06. The predicted octanol–water partition coefficient (Wildman–Crippen LogP) is 5.89. The summed E-state index contributed by atoms with van der Waals surface area (Å²) in [5, 5.41) is 12.4. The molecule has 0 unspecified atom stereocenters. The molecule has 0 aliphatic heterocycles. The molecular formula is C24H19NO. The van der Waals surface area contributed by atoms with Crippen molar-refractivity contribution >= 4 is 22.7 Å². The fourth-order valence-corrected chi connectivity index (χ4v) is 3.16. The summed E-state index contributed by atoms with van der Waals surface area (Å²) in [6, 6.07) is 30.2. The molecule has 126 valence electrons. The molecule has 4 aromatic carbocycles. The second-order valence-corrected chi connectivity index (χ2v) is 6.27. The number of nitrogens with zero attached hydrogens (tertiary/aromatic N) is 1. The number of phenols is 1. The summed E-state index contributed by atoms with van der Waals surface area (Å²) in [5.41, 5.74) is 4.08. The molecule has 2 nitrogen and oxygen atoms in total. The normalized spacial score (nSPS) is 11.2. The Bertz CT molecular complexity index is 1070. The molecule has 0 fully saturated rings. The lowest BCUT2D eigenvalue weighted by molar-refractivity contribution is 0.475. The number of rotatable bonds is 4. The minimum atomic E-state index is 0.244. The fourth-order valence-electron chi connectivity index (χ4n) is 3.16. The third-order valence-electron chi connectivity index (χ3n) is 4.51. The zero-order valence-electron chi connectivity index (χ0n) is 14.3. The van der Waals surface area contributed by atoms with E-state index in [1.165, 1.54) is 5.56 Å². The van der Waals surface area contributed by atoms with Crippen molar-refractivity contribution in [2.45, 2.75) is 6.42 Å². The summed E-state index contributed by atoms with van der Waals surface area (Å²) in [6.45, 7) is 0. The molecule has 0 spiro atoms. The van der Waals surface area contributed by atoms with Crippen LogP contribution in [0.25, 0.3) is 10.8 Å². The van der Waals surface area contributed by atoms with E-state index in [1.54, 1.807) is 12.3 Å². The van der Waals surface area contributed by atoms with E-state index in [2.05, 4.69) is 30.3 Å². The third kappa shape index (κ3) is 3.35. The molecule has 0 radical (unpaired) electrons. The van der Waals surface area contributed by atoms with E-state index in [9.17, 15) is 5.11 Å². The van der Waals surface area contributed by atoms with Crippen molar-refractivity contribution in [3.63, 3.8) is 0 Å². The van der Waals surface area contributed by atoms with Crippen molar-refractivity contribution in [2.75, 3.05) is 0 Å². The summed E-state index contributed by atoms with van der Waals surface area (Å²) >= 11 is 0. The van der Waals surface area contributed by atoms with Crippen LogP contribution < -0.4 is 0 Å². The summed E-state index contributed by atoms with van der Waals surface area (Å²) in [7, 11) is 0. The minimum Gasteiger partial charge on any atom is -0.507 e. The number of phenolic OH excluding ortho intramolecular Hbond substituents is 1. The van der Waals surface area contributed by atoms with Crippen LogP contribution in [0, 0.1) is 0 Å². The first kappa shape index (κ1) is 16.1. The fraction of sp³-hybridized carbons (Fsp3) is 0.0417. The lowest BCUT2D eigenvalue weighted by Crippen LogP contribution is -1.90. The molecule has 2 heteroatoms. The zero-order valence-corrected chi connectivity index (χ0v) is 14.3. The van der Waals surface area contributed by atoms with Crippen LogP contribution in [0.3, 0.4) is 0 Å². The largest absolute Gasteiger partial charge is 0.507 e.